The number of nitrogens with zero attached hydrogens (tertiary/aromatic N) is 1. The van der Waals surface area contributed by atoms with Crippen LogP contribution < -0.4 is 0 Å². The summed E-state index contributed by atoms with van der Waals surface area (Å²) in [7, 11) is 0. The second kappa shape index (κ2) is 9.42. The number of fused-ring (bicyclic) bond motifs is 1. The molecule has 3 heteroatoms. The Hall–Kier alpha value is -2.53. The lowest BCUT2D eigenvalue weighted by atomic mass is 9.90. The third-order valence-corrected chi connectivity index (χ3v) is 4.84. The average molecular weight is 376 g/mol. The molecular weight excluding hydrogens is 353 g/mol. The summed E-state index contributed by atoms with van der Waals surface area (Å²) in [6.45, 7) is 2.23. The van der Waals surface area contributed by atoms with Crippen molar-refractivity contribution in [3.8, 4) is 11.8 Å². The maximum Gasteiger partial charge on any atom is 0.150 e. The van der Waals surface area contributed by atoms with Gasteiger partial charge >= 0.3 is 0 Å². The number of isothiocyanates is 1. The Morgan fingerprint density at radius 1 is 1.07 bits per heavy atom. The largest absolute Gasteiger partial charge is 0.205 e. The molecule has 0 atom stereocenters. The van der Waals surface area contributed by atoms with E-state index in [1.165, 1.54) is 42.0 Å². The summed E-state index contributed by atoms with van der Waals surface area (Å²) < 4.78 is 13.9. The number of hydrogen-bond acceptors (Lipinski definition) is 2. The third kappa shape index (κ3) is 5.23. The van der Waals surface area contributed by atoms with Crippen molar-refractivity contribution in [1.29, 1.82) is 0 Å². The number of rotatable bonds is 5. The highest BCUT2D eigenvalue weighted by molar-refractivity contribution is 7.78. The number of allylic oxidation sites excluding steroid dienone is 1. The van der Waals surface area contributed by atoms with Crippen molar-refractivity contribution >= 4 is 29.1 Å². The molecule has 0 fully saturated rings. The van der Waals surface area contributed by atoms with E-state index < -0.39 is 5.82 Å². The number of aryl methyl sites for hydroxylation is 2. The number of benzene rings is 2. The van der Waals surface area contributed by atoms with Crippen molar-refractivity contribution in [1.82, 2.24) is 0 Å². The minimum atomic E-state index is -0.433. The molecule has 0 bridgehead atoms. The van der Waals surface area contributed by atoms with Crippen LogP contribution in [0.2, 0.25) is 0 Å². The van der Waals surface area contributed by atoms with E-state index in [1.807, 2.05) is 0 Å². The van der Waals surface area contributed by atoms with E-state index in [1.54, 1.807) is 12.1 Å². The Kier molecular flexibility index (Phi) is 6.71. The predicted octanol–water partition coefficient (Wildman–Crippen LogP) is 6.67. The van der Waals surface area contributed by atoms with Gasteiger partial charge < -0.3 is 0 Å². The lowest BCUT2D eigenvalue weighted by molar-refractivity contribution is 0.629. The van der Waals surface area contributed by atoms with Gasteiger partial charge in [0.2, 0.25) is 0 Å². The van der Waals surface area contributed by atoms with Gasteiger partial charge in [0.1, 0.15) is 5.69 Å². The number of thiocarbonyl (C=S) groups is 1. The fraction of sp³-hybridized carbons (Fsp3) is 0.292. The van der Waals surface area contributed by atoms with Crippen LogP contribution >= 0.6 is 12.2 Å². The zero-order valence-corrected chi connectivity index (χ0v) is 16.3. The minimum Gasteiger partial charge on any atom is -0.205 e. The van der Waals surface area contributed by atoms with E-state index in [-0.39, 0.29) is 5.69 Å². The molecule has 0 radical (unpaired) electrons. The smallest absolute Gasteiger partial charge is 0.150 e. The van der Waals surface area contributed by atoms with Gasteiger partial charge in [-0.2, -0.15) is 4.99 Å². The van der Waals surface area contributed by atoms with Crippen LogP contribution in [0.5, 0.6) is 0 Å². The molecule has 1 aliphatic carbocycles. The van der Waals surface area contributed by atoms with E-state index >= 15 is 0 Å². The monoisotopic (exact) mass is 375 g/mol. The van der Waals surface area contributed by atoms with Crippen molar-refractivity contribution in [2.75, 3.05) is 0 Å². The zero-order valence-electron chi connectivity index (χ0n) is 15.5. The predicted molar refractivity (Wildman–Crippen MR) is 114 cm³/mol. The van der Waals surface area contributed by atoms with Gasteiger partial charge in [0.05, 0.1) is 5.16 Å². The Morgan fingerprint density at radius 2 is 1.96 bits per heavy atom. The molecule has 2 aromatic carbocycles. The topological polar surface area (TPSA) is 12.4 Å². The highest BCUT2D eigenvalue weighted by Crippen LogP contribution is 2.25. The quantitative estimate of drug-likeness (QED) is 0.246. The Labute approximate surface area is 166 Å². The van der Waals surface area contributed by atoms with Crippen LogP contribution in [0.15, 0.2) is 47.0 Å². The van der Waals surface area contributed by atoms with Gasteiger partial charge in [-0.1, -0.05) is 49.8 Å². The second-order valence-electron chi connectivity index (χ2n) is 6.78. The molecule has 3 rings (SSSR count). The van der Waals surface area contributed by atoms with E-state index in [2.05, 4.69) is 65.4 Å². The van der Waals surface area contributed by atoms with Gasteiger partial charge in [-0.15, -0.1) is 0 Å². The molecule has 0 spiro atoms. The first-order valence-electron chi connectivity index (χ1n) is 9.41. The van der Waals surface area contributed by atoms with Crippen LogP contribution in [0.4, 0.5) is 10.1 Å². The molecule has 0 saturated carbocycles. The third-order valence-electron chi connectivity index (χ3n) is 4.75. The summed E-state index contributed by atoms with van der Waals surface area (Å²) in [6, 6.07) is 11.5. The molecule has 0 aromatic heterocycles. The first-order valence-corrected chi connectivity index (χ1v) is 9.82. The molecule has 1 aliphatic rings. The molecule has 0 N–H and O–H groups in total. The van der Waals surface area contributed by atoms with Crippen molar-refractivity contribution in [2.24, 2.45) is 4.99 Å². The molecule has 1 nitrogen and oxygen atoms in total. The molecule has 0 amide bonds. The second-order valence-corrected chi connectivity index (χ2v) is 6.96. The van der Waals surface area contributed by atoms with Gasteiger partial charge in [0, 0.05) is 11.1 Å². The Morgan fingerprint density at radius 3 is 2.74 bits per heavy atom. The highest BCUT2D eigenvalue weighted by atomic mass is 32.1. The van der Waals surface area contributed by atoms with Crippen LogP contribution in [0.3, 0.4) is 0 Å². The van der Waals surface area contributed by atoms with Crippen LogP contribution in [0.25, 0.3) is 6.08 Å². The lowest BCUT2D eigenvalue weighted by Crippen LogP contribution is -2.00. The lowest BCUT2D eigenvalue weighted by Gasteiger charge is -2.14. The molecule has 0 saturated heterocycles. The highest BCUT2D eigenvalue weighted by Gasteiger charge is 2.10. The standard InChI is InChI=1S/C24H22FNS/c1-2-3-4-5-18-8-11-22-15-19(9-12-21(22)14-18)6-7-20-10-13-24(26-17-27)23(25)16-20/h8,10-11,13-16H,2-5,9,12H2,1H3. The maximum atomic E-state index is 13.9. The molecule has 136 valence electrons. The molecule has 0 heterocycles. The van der Waals surface area contributed by atoms with Gasteiger partial charge in [-0.25, -0.2) is 4.39 Å². The normalized spacial score (nSPS) is 12.3. The van der Waals surface area contributed by atoms with Crippen molar-refractivity contribution in [2.45, 2.75) is 45.4 Å². The Bertz CT molecular complexity index is 972. The maximum absolute atomic E-state index is 13.9. The number of aliphatic imine (C=N–C) groups is 1. The zero-order chi connectivity index (χ0) is 19.1. The Balaban J connectivity index is 1.74. The van der Waals surface area contributed by atoms with E-state index in [9.17, 15) is 4.39 Å². The van der Waals surface area contributed by atoms with Crippen LogP contribution in [-0.4, -0.2) is 5.16 Å². The van der Waals surface area contributed by atoms with Crippen molar-refractivity contribution in [3.05, 3.63) is 70.0 Å². The van der Waals surface area contributed by atoms with Crippen molar-refractivity contribution in [3.63, 3.8) is 0 Å². The van der Waals surface area contributed by atoms with Gasteiger partial charge in [-0.05, 0) is 78.9 Å². The first-order chi connectivity index (χ1) is 13.2. The van der Waals surface area contributed by atoms with Crippen LogP contribution in [0, 0.1) is 17.7 Å². The molecule has 0 aliphatic heterocycles. The number of hydrogen-bond donors (Lipinski definition) is 0. The summed E-state index contributed by atoms with van der Waals surface area (Å²) in [6.07, 6.45) is 9.04. The van der Waals surface area contributed by atoms with E-state index in [0.29, 0.717) is 5.56 Å². The fourth-order valence-corrected chi connectivity index (χ4v) is 3.35. The number of halogens is 1. The van der Waals surface area contributed by atoms with Gasteiger partial charge in [0.15, 0.2) is 5.82 Å². The molecule has 27 heavy (non-hydrogen) atoms. The minimum absolute atomic E-state index is 0.191. The van der Waals surface area contributed by atoms with E-state index in [4.69, 9.17) is 0 Å². The van der Waals surface area contributed by atoms with Crippen molar-refractivity contribution < 1.29 is 4.39 Å². The molecular formula is C24H22FNS. The summed E-state index contributed by atoms with van der Waals surface area (Å²) >= 11 is 4.51. The van der Waals surface area contributed by atoms with Gasteiger partial charge in [0.25, 0.3) is 0 Å². The molecule has 0 unspecified atom stereocenters. The summed E-state index contributed by atoms with van der Waals surface area (Å²) in [5.41, 5.74) is 6.00. The van der Waals surface area contributed by atoms with Crippen LogP contribution in [-0.2, 0) is 12.8 Å². The van der Waals surface area contributed by atoms with E-state index in [0.717, 1.165) is 24.8 Å². The van der Waals surface area contributed by atoms with Crippen LogP contribution in [0.1, 0.15) is 54.9 Å². The molecule has 2 aromatic rings. The SMILES string of the molecule is CCCCCc1ccc2c(c1)CCC(C#Cc1ccc(N=C=S)c(F)c1)=C2. The fourth-order valence-electron chi connectivity index (χ4n) is 3.26. The first kappa shape index (κ1) is 19.2. The van der Waals surface area contributed by atoms with Gasteiger partial charge in [-0.3, -0.25) is 0 Å². The summed E-state index contributed by atoms with van der Waals surface area (Å²) in [5, 5.41) is 2.18. The summed E-state index contributed by atoms with van der Waals surface area (Å²) in [4.78, 5) is 3.68. The average Bonchev–Trinajstić information content (AvgIpc) is 2.68. The number of unbranched alkanes of at least 4 members (excludes halogenated alkanes) is 2. The summed E-state index contributed by atoms with van der Waals surface area (Å²) in [5.74, 6) is 5.81.